The first-order valence-electron chi connectivity index (χ1n) is 12.4. The van der Waals surface area contributed by atoms with Crippen molar-refractivity contribution in [1.82, 2.24) is 10.2 Å². The van der Waals surface area contributed by atoms with Crippen molar-refractivity contribution in [2.45, 2.75) is 96.5 Å². The summed E-state index contributed by atoms with van der Waals surface area (Å²) in [5.74, 6) is -0.503. The molecule has 1 saturated heterocycles. The number of amides is 1. The summed E-state index contributed by atoms with van der Waals surface area (Å²) < 4.78 is 10.8. The number of nitrogens with zero attached hydrogens (tertiary/aromatic N) is 1. The fraction of sp³-hybridized carbons (Fsp3) is 0.654. The third kappa shape index (κ3) is 8.89. The van der Waals surface area contributed by atoms with Crippen LogP contribution in [0, 0.1) is 5.92 Å². The van der Waals surface area contributed by atoms with E-state index in [1.165, 1.54) is 0 Å². The molecule has 206 valence electrons. The van der Waals surface area contributed by atoms with Crippen molar-refractivity contribution in [1.29, 1.82) is 0 Å². The Morgan fingerprint density at radius 1 is 1.03 bits per heavy atom. The SMILES string of the molecule is CCC[C@H](N[C@@H](C)C(=O)N1C2CCCCC2C[C@H]1C(=O)OCc1ccccc1)C(=O)OCC.S.S.S. The van der Waals surface area contributed by atoms with Gasteiger partial charge in [-0.25, -0.2) is 4.79 Å². The zero-order chi connectivity index (χ0) is 23.8. The number of nitrogens with one attached hydrogen (secondary N) is 1. The van der Waals surface area contributed by atoms with Gasteiger partial charge in [0.2, 0.25) is 5.91 Å². The summed E-state index contributed by atoms with van der Waals surface area (Å²) >= 11 is 0. The van der Waals surface area contributed by atoms with Crippen LogP contribution in [-0.4, -0.2) is 53.5 Å². The molecule has 0 spiro atoms. The van der Waals surface area contributed by atoms with Crippen LogP contribution in [0.1, 0.15) is 71.3 Å². The molecular formula is C26H44N2O5S3. The van der Waals surface area contributed by atoms with Crippen LogP contribution in [0.25, 0.3) is 0 Å². The van der Waals surface area contributed by atoms with Crippen molar-refractivity contribution in [3.05, 3.63) is 35.9 Å². The molecule has 0 radical (unpaired) electrons. The van der Waals surface area contributed by atoms with Gasteiger partial charge in [0.15, 0.2) is 0 Å². The number of carbonyl (C=O) groups excluding carboxylic acids is 3. The second-order valence-electron chi connectivity index (χ2n) is 9.18. The largest absolute Gasteiger partial charge is 0.465 e. The number of esters is 2. The Balaban J connectivity index is 0.00000408. The van der Waals surface area contributed by atoms with Crippen molar-refractivity contribution in [3.63, 3.8) is 0 Å². The second kappa shape index (κ2) is 17.2. The fourth-order valence-electron chi connectivity index (χ4n) is 5.21. The standard InChI is InChI=1S/C26H38N2O5.3H2S/c1-4-11-21(25(30)32-5-2)27-18(3)24(29)28-22-15-10-9-14-20(22)16-23(28)26(31)33-17-19-12-7-6-8-13-19;;;/h6-8,12-13,18,20-23,27H,4-5,9-11,14-17H2,1-3H3;3*1H2/t18-,20?,21-,22?,23-;;;/m0.../s1. The first-order valence-corrected chi connectivity index (χ1v) is 12.4. The molecule has 2 unspecified atom stereocenters. The molecule has 1 saturated carbocycles. The summed E-state index contributed by atoms with van der Waals surface area (Å²) in [6.45, 7) is 6.03. The van der Waals surface area contributed by atoms with Gasteiger partial charge in [0, 0.05) is 6.04 Å². The smallest absolute Gasteiger partial charge is 0.329 e. The van der Waals surface area contributed by atoms with Gasteiger partial charge in [-0.1, -0.05) is 56.5 Å². The van der Waals surface area contributed by atoms with Crippen LogP contribution < -0.4 is 5.32 Å². The molecule has 1 aliphatic heterocycles. The van der Waals surface area contributed by atoms with E-state index in [0.717, 1.165) is 37.7 Å². The molecule has 10 heteroatoms. The summed E-state index contributed by atoms with van der Waals surface area (Å²) in [4.78, 5) is 40.8. The van der Waals surface area contributed by atoms with Gasteiger partial charge in [0.1, 0.15) is 18.7 Å². The number of likely N-dealkylation sites (tertiary alicyclic amines) is 1. The maximum Gasteiger partial charge on any atom is 0.329 e. The zero-order valence-electron chi connectivity index (χ0n) is 21.6. The Bertz CT molecular complexity index is 814. The van der Waals surface area contributed by atoms with Crippen molar-refractivity contribution >= 4 is 58.3 Å². The van der Waals surface area contributed by atoms with Gasteiger partial charge in [-0.3, -0.25) is 14.9 Å². The zero-order valence-corrected chi connectivity index (χ0v) is 24.6. The average Bonchev–Trinajstić information content (AvgIpc) is 3.22. The fourth-order valence-corrected chi connectivity index (χ4v) is 5.21. The molecule has 0 aromatic heterocycles. The minimum atomic E-state index is -0.601. The van der Waals surface area contributed by atoms with Crippen LogP contribution in [0.15, 0.2) is 30.3 Å². The lowest BCUT2D eigenvalue weighted by molar-refractivity contribution is -0.157. The van der Waals surface area contributed by atoms with Gasteiger partial charge in [-0.2, -0.15) is 40.5 Å². The van der Waals surface area contributed by atoms with Gasteiger partial charge in [0.05, 0.1) is 12.6 Å². The number of rotatable bonds is 10. The number of fused-ring (bicyclic) bond motifs is 1. The molecule has 2 fully saturated rings. The van der Waals surface area contributed by atoms with Gasteiger partial charge in [-0.05, 0) is 51.0 Å². The maximum atomic E-state index is 13.6. The molecule has 1 aromatic rings. The predicted molar refractivity (Wildman–Crippen MR) is 156 cm³/mol. The lowest BCUT2D eigenvalue weighted by Gasteiger charge is -2.35. The number of benzene rings is 1. The summed E-state index contributed by atoms with van der Waals surface area (Å²) in [7, 11) is 0. The number of ether oxygens (including phenoxy) is 2. The number of carbonyl (C=O) groups is 3. The highest BCUT2D eigenvalue weighted by atomic mass is 32.1. The Morgan fingerprint density at radius 2 is 1.69 bits per heavy atom. The van der Waals surface area contributed by atoms with E-state index in [1.807, 2.05) is 37.3 Å². The lowest BCUT2D eigenvalue weighted by atomic mass is 9.84. The van der Waals surface area contributed by atoms with Crippen LogP contribution in [-0.2, 0) is 30.5 Å². The molecule has 2 aliphatic rings. The molecule has 1 heterocycles. The summed E-state index contributed by atoms with van der Waals surface area (Å²) in [5, 5.41) is 3.17. The molecular weight excluding hydrogens is 516 g/mol. The van der Waals surface area contributed by atoms with Crippen molar-refractivity contribution in [3.8, 4) is 0 Å². The third-order valence-electron chi connectivity index (χ3n) is 6.81. The summed E-state index contributed by atoms with van der Waals surface area (Å²) in [6, 6.07) is 7.91. The quantitative estimate of drug-likeness (QED) is 0.437. The van der Waals surface area contributed by atoms with Gasteiger partial charge >= 0.3 is 11.9 Å². The third-order valence-corrected chi connectivity index (χ3v) is 6.81. The highest BCUT2D eigenvalue weighted by Crippen LogP contribution is 2.40. The Labute approximate surface area is 236 Å². The molecule has 1 aromatic carbocycles. The average molecular weight is 561 g/mol. The molecule has 1 amide bonds. The molecule has 1 N–H and O–H groups in total. The molecule has 7 nitrogen and oxygen atoms in total. The van der Waals surface area contributed by atoms with Gasteiger partial charge in [0.25, 0.3) is 0 Å². The minimum Gasteiger partial charge on any atom is -0.465 e. The lowest BCUT2D eigenvalue weighted by Crippen LogP contribution is -2.55. The Kier molecular flexibility index (Phi) is 16.6. The van der Waals surface area contributed by atoms with Crippen molar-refractivity contribution in [2.75, 3.05) is 6.61 Å². The van der Waals surface area contributed by atoms with Crippen molar-refractivity contribution in [2.24, 2.45) is 5.92 Å². The Hall–Kier alpha value is -1.36. The number of hydrogen-bond donors (Lipinski definition) is 1. The first kappa shape index (κ1) is 34.6. The molecule has 36 heavy (non-hydrogen) atoms. The summed E-state index contributed by atoms with van der Waals surface area (Å²) in [6.07, 6.45) is 6.14. The van der Waals surface area contributed by atoms with E-state index >= 15 is 0 Å². The summed E-state index contributed by atoms with van der Waals surface area (Å²) in [5.41, 5.74) is 0.922. The molecule has 0 bridgehead atoms. The minimum absolute atomic E-state index is 0. The van der Waals surface area contributed by atoms with E-state index in [-0.39, 0.29) is 71.0 Å². The van der Waals surface area contributed by atoms with Crippen LogP contribution in [0.5, 0.6) is 0 Å². The van der Waals surface area contributed by atoms with Crippen LogP contribution in [0.2, 0.25) is 0 Å². The van der Waals surface area contributed by atoms with E-state index in [1.54, 1.807) is 18.7 Å². The normalized spacial score (nSPS) is 22.0. The Morgan fingerprint density at radius 3 is 2.33 bits per heavy atom. The second-order valence-corrected chi connectivity index (χ2v) is 9.18. The maximum absolute atomic E-state index is 13.6. The highest BCUT2D eigenvalue weighted by molar-refractivity contribution is 7.59. The van der Waals surface area contributed by atoms with E-state index in [4.69, 9.17) is 9.47 Å². The first-order chi connectivity index (χ1) is 16.0. The van der Waals surface area contributed by atoms with Gasteiger partial charge < -0.3 is 14.4 Å². The van der Waals surface area contributed by atoms with E-state index < -0.39 is 18.1 Å². The molecule has 5 atom stereocenters. The van der Waals surface area contributed by atoms with Crippen LogP contribution in [0.3, 0.4) is 0 Å². The number of hydrogen-bond acceptors (Lipinski definition) is 6. The monoisotopic (exact) mass is 560 g/mol. The van der Waals surface area contributed by atoms with Crippen LogP contribution in [0.4, 0.5) is 0 Å². The molecule has 1 aliphatic carbocycles. The van der Waals surface area contributed by atoms with Crippen LogP contribution >= 0.6 is 40.5 Å². The van der Waals surface area contributed by atoms with Crippen molar-refractivity contribution < 1.29 is 23.9 Å². The predicted octanol–water partition coefficient (Wildman–Crippen LogP) is 3.94. The topological polar surface area (TPSA) is 84.9 Å². The molecule has 3 rings (SSSR count). The van der Waals surface area contributed by atoms with E-state index in [9.17, 15) is 14.4 Å². The highest BCUT2D eigenvalue weighted by Gasteiger charge is 2.49. The van der Waals surface area contributed by atoms with E-state index in [2.05, 4.69) is 5.32 Å². The van der Waals surface area contributed by atoms with E-state index in [0.29, 0.717) is 25.4 Å². The van der Waals surface area contributed by atoms with Gasteiger partial charge in [-0.15, -0.1) is 0 Å².